The van der Waals surface area contributed by atoms with Gasteiger partial charge in [0, 0.05) is 0 Å². The average molecular weight is 131 g/mol. The molecule has 0 heterocycles. The van der Waals surface area contributed by atoms with E-state index in [4.69, 9.17) is 0 Å². The summed E-state index contributed by atoms with van der Waals surface area (Å²) in [4.78, 5) is 0. The third-order valence-electron chi connectivity index (χ3n) is 1.14. The first-order chi connectivity index (χ1) is 4.93. The molecule has 0 aliphatic heterocycles. The van der Waals surface area contributed by atoms with Gasteiger partial charge in [-0.15, -0.1) is 0 Å². The van der Waals surface area contributed by atoms with Crippen LogP contribution in [0.5, 0.6) is 0 Å². The fourth-order valence-corrected chi connectivity index (χ4v) is 0.694. The van der Waals surface area contributed by atoms with Gasteiger partial charge in [0.05, 0.1) is 0 Å². The van der Waals surface area contributed by atoms with Gasteiger partial charge in [-0.2, -0.15) is 0 Å². The Labute approximate surface area is 59.7 Å². The van der Waals surface area contributed by atoms with Crippen LogP contribution < -0.4 is 0 Å². The molecule has 0 aromatic heterocycles. The zero-order valence-electron chi connectivity index (χ0n) is 5.45. The van der Waals surface area contributed by atoms with E-state index < -0.39 is 0 Å². The van der Waals surface area contributed by atoms with Crippen LogP contribution in [0.1, 0.15) is 5.56 Å². The number of allylic oxidation sites excluding steroid dienone is 1. The van der Waals surface area contributed by atoms with Crippen LogP contribution in [0.25, 0.3) is 6.08 Å². The summed E-state index contributed by atoms with van der Waals surface area (Å²) in [6.45, 7) is 0. The van der Waals surface area contributed by atoms with E-state index in [-0.39, 0.29) is 0 Å². The Hall–Kier alpha value is -1.30. The molecular weight excluding hydrogens is 124 g/mol. The summed E-state index contributed by atoms with van der Waals surface area (Å²) in [7, 11) is 0. The van der Waals surface area contributed by atoms with Crippen molar-refractivity contribution in [3.63, 3.8) is 0 Å². The van der Waals surface area contributed by atoms with Crippen LogP contribution in [0.15, 0.2) is 36.4 Å². The summed E-state index contributed by atoms with van der Waals surface area (Å²) in [5.74, 6) is 0. The predicted octanol–water partition coefficient (Wildman–Crippen LogP) is 2.09. The first-order valence-electron chi connectivity index (χ1n) is 3.03. The molecule has 0 radical (unpaired) electrons. The van der Waals surface area contributed by atoms with Crippen LogP contribution in [0.4, 0.5) is 0 Å². The number of rotatable bonds is 1. The SMILES string of the molecule is [O+]#C/C=C/c1ccccc1. The molecule has 0 saturated carbocycles. The molecule has 1 heteroatoms. The Balaban J connectivity index is 2.79. The molecule has 0 fully saturated rings. The van der Waals surface area contributed by atoms with Gasteiger partial charge in [0.2, 0.25) is 0 Å². The summed E-state index contributed by atoms with van der Waals surface area (Å²) in [6.07, 6.45) is 4.76. The first kappa shape index (κ1) is 6.81. The fraction of sp³-hybridized carbons (Fsp3) is 0. The van der Waals surface area contributed by atoms with Crippen molar-refractivity contribution in [2.75, 3.05) is 0 Å². The van der Waals surface area contributed by atoms with E-state index >= 15 is 0 Å². The molecule has 0 N–H and O–H groups in total. The van der Waals surface area contributed by atoms with Gasteiger partial charge in [0.25, 0.3) is 0 Å². The molecule has 0 saturated heterocycles. The zero-order valence-corrected chi connectivity index (χ0v) is 5.45. The monoisotopic (exact) mass is 131 g/mol. The van der Waals surface area contributed by atoms with E-state index in [0.29, 0.717) is 0 Å². The molecule has 1 aromatic rings. The normalized spacial score (nSPS) is 9.50. The summed E-state index contributed by atoms with van der Waals surface area (Å²) in [5.41, 5.74) is 1.02. The fourth-order valence-electron chi connectivity index (χ4n) is 0.694. The van der Waals surface area contributed by atoms with Crippen molar-refractivity contribution in [1.82, 2.24) is 0 Å². The summed E-state index contributed by atoms with van der Waals surface area (Å²) in [5, 5.41) is 0. The molecule has 0 aliphatic rings. The predicted molar refractivity (Wildman–Crippen MR) is 40.1 cm³/mol. The van der Waals surface area contributed by atoms with Gasteiger partial charge in [-0.1, -0.05) is 0 Å². The molecule has 10 heavy (non-hydrogen) atoms. The second-order valence-electron chi connectivity index (χ2n) is 1.86. The topological polar surface area (TPSA) is 19.9 Å². The maximum absolute atomic E-state index is 9.77. The molecule has 1 nitrogen and oxygen atoms in total. The molecule has 0 aliphatic carbocycles. The van der Waals surface area contributed by atoms with Gasteiger partial charge in [-0.05, 0) is 0 Å². The molecule has 0 atom stereocenters. The van der Waals surface area contributed by atoms with Gasteiger partial charge in [-0.3, -0.25) is 0 Å². The second-order valence-corrected chi connectivity index (χ2v) is 1.86. The van der Waals surface area contributed by atoms with Gasteiger partial charge in [0.1, 0.15) is 0 Å². The first-order valence-corrected chi connectivity index (χ1v) is 3.03. The summed E-state index contributed by atoms with van der Waals surface area (Å²) < 4.78 is 9.77. The molecule has 48 valence electrons. The van der Waals surface area contributed by atoms with Crippen molar-refractivity contribution in [3.8, 4) is 6.15 Å². The molecule has 0 amide bonds. The quantitative estimate of drug-likeness (QED) is 0.520. The molecule has 0 unspecified atom stereocenters. The van der Waals surface area contributed by atoms with Crippen LogP contribution in [-0.2, 0) is 4.65 Å². The Bertz CT molecular complexity index is 254. The maximum atomic E-state index is 9.77. The van der Waals surface area contributed by atoms with Crippen molar-refractivity contribution in [1.29, 1.82) is 0 Å². The standard InChI is InChI=1S/C9H7O/c10-8-4-7-9-5-2-1-3-6-9/h1-7H/q+1/b7-4+. The van der Waals surface area contributed by atoms with Gasteiger partial charge in [-0.25, -0.2) is 0 Å². The summed E-state index contributed by atoms with van der Waals surface area (Å²) >= 11 is 0. The van der Waals surface area contributed by atoms with E-state index in [2.05, 4.69) is 0 Å². The Morgan fingerprint density at radius 1 is 1.20 bits per heavy atom. The molecular formula is C9H7O+. The minimum atomic E-state index is 1.02. The Morgan fingerprint density at radius 3 is 2.50 bits per heavy atom. The van der Waals surface area contributed by atoms with Crippen LogP contribution in [0, 0.1) is 6.15 Å². The van der Waals surface area contributed by atoms with E-state index in [1.54, 1.807) is 12.2 Å². The summed E-state index contributed by atoms with van der Waals surface area (Å²) in [6, 6.07) is 9.62. The third kappa shape index (κ3) is 1.90. The van der Waals surface area contributed by atoms with Crippen molar-refractivity contribution < 1.29 is 4.65 Å². The number of benzene rings is 1. The van der Waals surface area contributed by atoms with E-state index in [1.807, 2.05) is 30.3 Å². The minimum absolute atomic E-state index is 1.02. The van der Waals surface area contributed by atoms with E-state index in [9.17, 15) is 4.65 Å². The van der Waals surface area contributed by atoms with Gasteiger partial charge < -0.3 is 0 Å². The van der Waals surface area contributed by atoms with E-state index in [1.165, 1.54) is 6.08 Å². The van der Waals surface area contributed by atoms with Crippen molar-refractivity contribution >= 4 is 6.08 Å². The molecule has 1 aromatic carbocycles. The van der Waals surface area contributed by atoms with Crippen LogP contribution in [0.2, 0.25) is 0 Å². The number of hydrogen-bond acceptors (Lipinski definition) is 0. The van der Waals surface area contributed by atoms with Gasteiger partial charge in [0.15, 0.2) is 0 Å². The van der Waals surface area contributed by atoms with E-state index in [0.717, 1.165) is 5.56 Å². The Kier molecular flexibility index (Phi) is 2.50. The van der Waals surface area contributed by atoms with Crippen molar-refractivity contribution in [3.05, 3.63) is 42.0 Å². The molecule has 0 bridgehead atoms. The Morgan fingerprint density at radius 2 is 1.90 bits per heavy atom. The van der Waals surface area contributed by atoms with Crippen LogP contribution in [-0.4, -0.2) is 0 Å². The zero-order chi connectivity index (χ0) is 7.23. The average Bonchev–Trinajstić information content (AvgIpc) is 2.03. The molecule has 0 spiro atoms. The van der Waals surface area contributed by atoms with Crippen LogP contribution >= 0.6 is 0 Å². The second kappa shape index (κ2) is 3.67. The van der Waals surface area contributed by atoms with Gasteiger partial charge >= 0.3 is 58.8 Å². The van der Waals surface area contributed by atoms with Crippen molar-refractivity contribution in [2.45, 2.75) is 0 Å². The molecule has 1 rings (SSSR count). The number of hydrogen-bond donors (Lipinski definition) is 0. The third-order valence-corrected chi connectivity index (χ3v) is 1.14. The van der Waals surface area contributed by atoms with Crippen LogP contribution in [0.3, 0.4) is 0 Å². The van der Waals surface area contributed by atoms with Crippen molar-refractivity contribution in [2.24, 2.45) is 0 Å².